The van der Waals surface area contributed by atoms with Crippen molar-refractivity contribution in [2.75, 3.05) is 6.54 Å². The third kappa shape index (κ3) is 11.7. The van der Waals surface area contributed by atoms with Crippen molar-refractivity contribution in [2.24, 2.45) is 21.1 Å². The number of carbonyl (C=O) groups excluding carboxylic acids is 3. The predicted molar refractivity (Wildman–Crippen MR) is 344 cm³/mol. The summed E-state index contributed by atoms with van der Waals surface area (Å²) in [6.07, 6.45) is 27.1. The lowest BCUT2D eigenvalue weighted by atomic mass is 10.0. The molecule has 9 aromatic rings. The Morgan fingerprint density at radius 1 is 0.435 bits per heavy atom. The number of hydrogen-bond acceptors (Lipinski definition) is 15. The van der Waals surface area contributed by atoms with Crippen LogP contribution in [-0.4, -0.2) is 140 Å². The predicted octanol–water partition coefficient (Wildman–Crippen LogP) is 8.07. The number of carbonyl (C=O) groups is 3. The molecule has 16 rings (SSSR count). The van der Waals surface area contributed by atoms with Gasteiger partial charge in [0.15, 0.2) is 0 Å². The SMILES string of the molecule is CCN1Cc2nn(C)cc2-c2cc3c(nn2)CC=C3c2cn(nc2C)CCCC1=O.Cc1nn2cc1C1=CCc3nnc(cc31)-c1cn(C)nc1CN(C(C)C)C(=O)CCC2.Cc1nn2cc1C1=CCc3nnc(cc31)-c1cn(C)nc1CN(C1CC1)C(=O)CCC2. The number of amides is 3. The van der Waals surface area contributed by atoms with Gasteiger partial charge in [0.1, 0.15) is 0 Å². The van der Waals surface area contributed by atoms with Gasteiger partial charge in [-0.2, -0.15) is 61.2 Å². The van der Waals surface area contributed by atoms with Gasteiger partial charge in [0, 0.05) is 185 Å². The Labute approximate surface area is 533 Å². The lowest BCUT2D eigenvalue weighted by Gasteiger charge is -2.26. The quantitative estimate of drug-likeness (QED) is 0.162. The molecule has 92 heavy (non-hydrogen) atoms. The molecule has 0 spiro atoms. The van der Waals surface area contributed by atoms with Crippen LogP contribution in [0.1, 0.15) is 157 Å². The summed E-state index contributed by atoms with van der Waals surface area (Å²) < 4.78 is 11.3. The third-order valence-corrected chi connectivity index (χ3v) is 18.5. The average Bonchev–Trinajstić information content (AvgIpc) is 1.65. The fraction of sp³-hybridized carbons (Fsp3) is 0.426. The van der Waals surface area contributed by atoms with Gasteiger partial charge < -0.3 is 14.7 Å². The second kappa shape index (κ2) is 24.4. The summed E-state index contributed by atoms with van der Waals surface area (Å²) >= 11 is 0. The Hall–Kier alpha value is -9.87. The number of rotatable bonds is 3. The lowest BCUT2D eigenvalue weighted by Crippen LogP contribution is -2.36. The number of allylic oxidation sites excluding steroid dienone is 3. The van der Waals surface area contributed by atoms with Crippen LogP contribution in [0.2, 0.25) is 0 Å². The van der Waals surface area contributed by atoms with Crippen LogP contribution in [0, 0.1) is 20.8 Å². The Kier molecular flexibility index (Phi) is 15.8. The van der Waals surface area contributed by atoms with Gasteiger partial charge in [-0.25, -0.2) is 0 Å². The minimum Gasteiger partial charge on any atom is -0.337 e. The zero-order valence-corrected chi connectivity index (χ0v) is 53.9. The third-order valence-electron chi connectivity index (χ3n) is 18.5. The minimum atomic E-state index is 0.0808. The molecule has 3 aliphatic heterocycles. The molecule has 1 saturated carbocycles. The molecule has 0 radical (unpaired) electrons. The van der Waals surface area contributed by atoms with E-state index in [-0.39, 0.29) is 23.8 Å². The number of aromatic nitrogens is 18. The van der Waals surface area contributed by atoms with Crippen LogP contribution in [0.3, 0.4) is 0 Å². The average molecular weight is 1240 g/mol. The first-order valence-electron chi connectivity index (χ1n) is 32.3. The van der Waals surface area contributed by atoms with E-state index >= 15 is 0 Å². The Bertz CT molecular complexity index is 4310. The van der Waals surface area contributed by atoms with Gasteiger partial charge in [-0.15, -0.1) is 0 Å². The molecule has 0 atom stereocenters. The van der Waals surface area contributed by atoms with Crippen molar-refractivity contribution in [3.63, 3.8) is 0 Å². The van der Waals surface area contributed by atoms with Crippen LogP contribution in [0.25, 0.3) is 50.5 Å². The molecule has 9 aromatic heterocycles. The second-order valence-corrected chi connectivity index (χ2v) is 25.5. The molecular formula is C68H77N21O3. The van der Waals surface area contributed by atoms with Gasteiger partial charge in [-0.3, -0.25) is 42.5 Å². The van der Waals surface area contributed by atoms with Gasteiger partial charge in [0.25, 0.3) is 0 Å². The molecule has 12 bridgehead atoms. The molecule has 1 fully saturated rings. The molecule has 0 aromatic carbocycles. The van der Waals surface area contributed by atoms with Gasteiger partial charge >= 0.3 is 0 Å². The summed E-state index contributed by atoms with van der Waals surface area (Å²) in [7, 11) is 5.71. The highest BCUT2D eigenvalue weighted by atomic mass is 16.2. The molecule has 472 valence electrons. The van der Waals surface area contributed by atoms with Crippen LogP contribution >= 0.6 is 0 Å². The molecule has 12 heterocycles. The number of fused-ring (bicyclic) bond motifs is 18. The van der Waals surface area contributed by atoms with E-state index in [1.807, 2.05) is 115 Å². The van der Waals surface area contributed by atoms with Gasteiger partial charge in [-0.1, -0.05) is 18.2 Å². The topological polar surface area (TPSA) is 245 Å². The zero-order chi connectivity index (χ0) is 63.6. The Morgan fingerprint density at radius 2 is 0.815 bits per heavy atom. The first kappa shape index (κ1) is 59.7. The molecule has 4 aliphatic carbocycles. The Balaban J connectivity index is 0.000000120. The molecule has 0 unspecified atom stereocenters. The van der Waals surface area contributed by atoms with Crippen molar-refractivity contribution in [1.29, 1.82) is 0 Å². The summed E-state index contributed by atoms with van der Waals surface area (Å²) in [6.45, 7) is 16.5. The van der Waals surface area contributed by atoms with Gasteiger partial charge in [0.2, 0.25) is 17.7 Å². The number of aryl methyl sites for hydroxylation is 9. The number of hydrogen-bond donors (Lipinski definition) is 0. The van der Waals surface area contributed by atoms with Crippen LogP contribution in [0.5, 0.6) is 0 Å². The molecule has 24 heteroatoms. The highest BCUT2D eigenvalue weighted by Crippen LogP contribution is 2.40. The van der Waals surface area contributed by atoms with Crippen LogP contribution in [0.15, 0.2) is 73.6 Å². The monoisotopic (exact) mass is 1240 g/mol. The van der Waals surface area contributed by atoms with Crippen molar-refractivity contribution < 1.29 is 14.4 Å². The maximum atomic E-state index is 13.1. The van der Waals surface area contributed by atoms with Crippen LogP contribution < -0.4 is 0 Å². The summed E-state index contributed by atoms with van der Waals surface area (Å²) in [5, 5.41) is 55.3. The molecule has 0 N–H and O–H groups in total. The first-order chi connectivity index (χ1) is 44.5. The zero-order valence-electron chi connectivity index (χ0n) is 53.9. The molecule has 0 saturated heterocycles. The standard InChI is InChI=1S/C23H25N7O.C23H27N7O.C22H25N7O/c1-14-18-12-29(26-14)9-3-4-23(31)30(15-5-6-15)13-22-19(11-28(2)27-22)21-10-17-16(18)7-8-20(17)24-25-21;1-14(2)30-13-22-19(11-28(4)27-22)21-10-17-16(7-8-20(17)24-25-21)18-12-29(26-15(18)3)9-5-6-23(30)31;1-4-28-13-21-18(11-27(3)26-21)20-10-16-15(7-8-19(16)23-24-20)17-12-29(25-14(17)2)9-5-6-22(28)30/h7,10-12,15H,3-6,8-9,13H2,1-2H3;7,10-12,14H,5-6,8-9,13H2,1-4H3;7,10-12H,4-6,8-9,13H2,1-3H3. The fourth-order valence-electron chi connectivity index (χ4n) is 13.6. The van der Waals surface area contributed by atoms with Crippen LogP contribution in [0.4, 0.5) is 0 Å². The molecule has 7 aliphatic rings. The number of nitrogens with zero attached hydrogens (tertiary/aromatic N) is 21. The van der Waals surface area contributed by atoms with Crippen LogP contribution in [-0.2, 0) is 94.1 Å². The van der Waals surface area contributed by atoms with E-state index < -0.39 is 0 Å². The summed E-state index contributed by atoms with van der Waals surface area (Å²) in [6, 6.07) is 6.76. The molecule has 24 nitrogen and oxygen atoms in total. The van der Waals surface area contributed by atoms with Crippen molar-refractivity contribution in [2.45, 2.75) is 164 Å². The molecular weight excluding hydrogens is 1160 g/mol. The summed E-state index contributed by atoms with van der Waals surface area (Å²) in [5.74, 6) is 0.466. The van der Waals surface area contributed by atoms with E-state index in [0.29, 0.717) is 58.0 Å². The van der Waals surface area contributed by atoms with Gasteiger partial charge in [-0.05, 0) is 109 Å². The van der Waals surface area contributed by atoms with Gasteiger partial charge in [0.05, 0.1) is 88.0 Å². The first-order valence-corrected chi connectivity index (χ1v) is 32.3. The normalized spacial score (nSPS) is 17.0. The summed E-state index contributed by atoms with van der Waals surface area (Å²) in [4.78, 5) is 44.7. The van der Waals surface area contributed by atoms with Crippen molar-refractivity contribution in [3.8, 4) is 33.8 Å². The summed E-state index contributed by atoms with van der Waals surface area (Å²) in [5.41, 5.74) is 23.9. The molecule has 3 amide bonds. The Morgan fingerprint density at radius 3 is 1.21 bits per heavy atom. The van der Waals surface area contributed by atoms with Crippen molar-refractivity contribution >= 4 is 34.4 Å². The highest BCUT2D eigenvalue weighted by molar-refractivity contribution is 5.89. The van der Waals surface area contributed by atoms with E-state index in [4.69, 9.17) is 15.3 Å². The highest BCUT2D eigenvalue weighted by Gasteiger charge is 2.35. The van der Waals surface area contributed by atoms with Crippen molar-refractivity contribution in [3.05, 3.63) is 158 Å². The van der Waals surface area contributed by atoms with E-state index in [1.54, 1.807) is 9.36 Å². The second-order valence-electron chi connectivity index (χ2n) is 25.5. The largest absolute Gasteiger partial charge is 0.337 e. The smallest absolute Gasteiger partial charge is 0.223 e. The minimum absolute atomic E-state index is 0.0808. The maximum absolute atomic E-state index is 13.1. The fourth-order valence-corrected chi connectivity index (χ4v) is 13.6. The van der Waals surface area contributed by atoms with Crippen molar-refractivity contribution in [1.82, 2.24) is 104 Å². The van der Waals surface area contributed by atoms with E-state index in [1.165, 1.54) is 5.57 Å². The maximum Gasteiger partial charge on any atom is 0.223 e. The van der Waals surface area contributed by atoms with E-state index in [9.17, 15) is 14.4 Å². The lowest BCUT2D eigenvalue weighted by molar-refractivity contribution is -0.134. The van der Waals surface area contributed by atoms with E-state index in [0.717, 1.165) is 194 Å². The van der Waals surface area contributed by atoms with E-state index in [2.05, 4.69) is 101 Å².